The Balaban J connectivity index is 0.730. The number of furan rings is 2. The van der Waals surface area contributed by atoms with Gasteiger partial charge in [0.05, 0.1) is 33.1 Å². The van der Waals surface area contributed by atoms with Crippen LogP contribution in [0.1, 0.15) is 50.7 Å². The van der Waals surface area contributed by atoms with Gasteiger partial charge in [0.25, 0.3) is 0 Å². The first-order valence-corrected chi connectivity index (χ1v) is 30.1. The van der Waals surface area contributed by atoms with Crippen LogP contribution >= 0.6 is 0 Å². The maximum Gasteiger partial charge on any atom is 0.136 e. The molecular formula is C80H54N4O2. The van der Waals surface area contributed by atoms with Crippen molar-refractivity contribution in [3.8, 4) is 0 Å². The number of fused-ring (bicyclic) bond motifs is 21. The van der Waals surface area contributed by atoms with Crippen LogP contribution < -0.4 is 9.80 Å². The Morgan fingerprint density at radius 1 is 0.267 bits per heavy atom. The molecule has 0 unspecified atom stereocenters. The average molecular weight is 1100 g/mol. The van der Waals surface area contributed by atoms with E-state index < -0.39 is 0 Å². The van der Waals surface area contributed by atoms with Crippen molar-refractivity contribution >= 4 is 176 Å². The second-order valence-electron chi connectivity index (χ2n) is 24.5. The van der Waals surface area contributed by atoms with E-state index in [2.05, 4.69) is 289 Å². The van der Waals surface area contributed by atoms with E-state index in [0.29, 0.717) is 11.8 Å². The molecule has 13 aromatic carbocycles. The van der Waals surface area contributed by atoms with Gasteiger partial charge in [-0.25, -0.2) is 0 Å². The summed E-state index contributed by atoms with van der Waals surface area (Å²) in [4.78, 5) is 4.81. The quantitative estimate of drug-likeness (QED) is 0.152. The summed E-state index contributed by atoms with van der Waals surface area (Å²) in [5, 5.41) is 18.9. The van der Waals surface area contributed by atoms with E-state index >= 15 is 0 Å². The van der Waals surface area contributed by atoms with E-state index in [0.717, 1.165) is 99.5 Å². The molecule has 0 bridgehead atoms. The third-order valence-electron chi connectivity index (χ3n) is 19.0. The van der Waals surface area contributed by atoms with Crippen molar-refractivity contribution in [1.82, 2.24) is 8.80 Å². The third-order valence-corrected chi connectivity index (χ3v) is 19.0. The van der Waals surface area contributed by atoms with Gasteiger partial charge in [-0.3, -0.25) is 0 Å². The van der Waals surface area contributed by atoms with Crippen molar-refractivity contribution in [2.24, 2.45) is 0 Å². The first kappa shape index (κ1) is 47.6. The predicted molar refractivity (Wildman–Crippen MR) is 363 cm³/mol. The van der Waals surface area contributed by atoms with Crippen LogP contribution in [0.5, 0.6) is 0 Å². The van der Waals surface area contributed by atoms with Crippen LogP contribution in [0.2, 0.25) is 0 Å². The standard InChI is InChI=1S/C80H54N4O2/c1-45(2)47-19-25-53(26-20-47)81(57-31-33-71-65(43-57)63-15-9-13-61-59-11-5-7-17-69(59)83(71)79(61)63)55-29-23-49-39-67-75(41-51(49)37-55)85-73-35-36-74-78(77(67)73)68-40-50-24-30-56(38-52(50)42-76(68)86-74)82(54-27-21-48(22-28-54)46(3)4)58-32-34-72-66(44-58)64-16-10-14-62-60-12-6-8-18-70(60)84(72)80(62)64/h5-46H,1-4H3. The second kappa shape index (κ2) is 17.4. The molecule has 0 fully saturated rings. The molecule has 0 amide bonds. The third kappa shape index (κ3) is 6.61. The number of hydrogen-bond donors (Lipinski definition) is 0. The summed E-state index contributed by atoms with van der Waals surface area (Å²) in [5.41, 5.74) is 20.0. The summed E-state index contributed by atoms with van der Waals surface area (Å²) in [6.07, 6.45) is 0. The van der Waals surface area contributed by atoms with Crippen LogP contribution in [0.3, 0.4) is 0 Å². The largest absolute Gasteiger partial charge is 0.456 e. The van der Waals surface area contributed by atoms with Crippen molar-refractivity contribution in [3.05, 3.63) is 254 Å². The molecule has 0 N–H and O–H groups in total. The van der Waals surface area contributed by atoms with Crippen LogP contribution in [0.15, 0.2) is 251 Å². The molecule has 86 heavy (non-hydrogen) atoms. The minimum atomic E-state index is 0.426. The fourth-order valence-electron chi connectivity index (χ4n) is 14.9. The maximum atomic E-state index is 6.87. The first-order chi connectivity index (χ1) is 42.3. The van der Waals surface area contributed by atoms with Crippen LogP contribution in [-0.4, -0.2) is 8.80 Å². The first-order valence-electron chi connectivity index (χ1n) is 30.1. The van der Waals surface area contributed by atoms with E-state index in [4.69, 9.17) is 8.83 Å². The zero-order valence-electron chi connectivity index (χ0n) is 47.9. The van der Waals surface area contributed by atoms with Gasteiger partial charge in [-0.15, -0.1) is 0 Å². The van der Waals surface area contributed by atoms with Gasteiger partial charge in [-0.2, -0.15) is 0 Å². The molecule has 0 saturated heterocycles. The SMILES string of the molecule is CC(C)c1ccc(N(c2ccc3cc4c(cc3c2)oc2ccc3oc5cc6cc(N(c7ccc(C(C)C)cc7)c7ccc8c(c7)c7cccc9c%10ccccc%10n8c97)ccc6cc5c3c24)c2ccc3c(c2)c2cccc4c5ccccc5n3c42)cc1. The summed E-state index contributed by atoms with van der Waals surface area (Å²) >= 11 is 0. The smallest absolute Gasteiger partial charge is 0.136 e. The number of nitrogens with zero attached hydrogens (tertiary/aromatic N) is 4. The van der Waals surface area contributed by atoms with Gasteiger partial charge < -0.3 is 27.4 Å². The molecule has 19 rings (SSSR count). The number of benzene rings is 13. The van der Waals surface area contributed by atoms with E-state index in [9.17, 15) is 0 Å². The molecule has 6 aromatic heterocycles. The molecule has 0 atom stereocenters. The van der Waals surface area contributed by atoms with Gasteiger partial charge in [-0.1, -0.05) is 137 Å². The van der Waals surface area contributed by atoms with Crippen LogP contribution in [0.4, 0.5) is 34.1 Å². The number of hydrogen-bond acceptors (Lipinski definition) is 4. The lowest BCUT2D eigenvalue weighted by Gasteiger charge is -2.26. The van der Waals surface area contributed by atoms with Crippen LogP contribution in [0, 0.1) is 0 Å². The van der Waals surface area contributed by atoms with E-state index in [-0.39, 0.29) is 0 Å². The summed E-state index contributed by atoms with van der Waals surface area (Å²) in [5.74, 6) is 0.852. The predicted octanol–water partition coefficient (Wildman–Crippen LogP) is 23.3. The number of para-hydroxylation sites is 4. The van der Waals surface area contributed by atoms with Crippen LogP contribution in [-0.2, 0) is 0 Å². The molecule has 0 radical (unpaired) electrons. The van der Waals surface area contributed by atoms with Crippen molar-refractivity contribution in [2.75, 3.05) is 9.80 Å². The highest BCUT2D eigenvalue weighted by Crippen LogP contribution is 2.48. The molecule has 19 aromatic rings. The fourth-order valence-corrected chi connectivity index (χ4v) is 14.9. The molecule has 0 aliphatic heterocycles. The summed E-state index contributed by atoms with van der Waals surface area (Å²) in [6, 6.07) is 90.1. The Hall–Kier alpha value is -10.8. The highest BCUT2D eigenvalue weighted by molar-refractivity contribution is 6.29. The van der Waals surface area contributed by atoms with Gasteiger partial charge >= 0.3 is 0 Å². The number of rotatable bonds is 8. The molecular weight excluding hydrogens is 1050 g/mol. The van der Waals surface area contributed by atoms with E-state index in [1.54, 1.807) is 0 Å². The van der Waals surface area contributed by atoms with Crippen LogP contribution in [0.25, 0.3) is 142 Å². The summed E-state index contributed by atoms with van der Waals surface area (Å²) in [7, 11) is 0. The highest BCUT2D eigenvalue weighted by atomic mass is 16.3. The molecule has 6 heterocycles. The topological polar surface area (TPSA) is 41.6 Å². The van der Waals surface area contributed by atoms with E-state index in [1.165, 1.54) is 87.3 Å². The monoisotopic (exact) mass is 1100 g/mol. The Morgan fingerprint density at radius 2 is 0.628 bits per heavy atom. The zero-order valence-corrected chi connectivity index (χ0v) is 47.9. The lowest BCUT2D eigenvalue weighted by atomic mass is 10.00. The number of aromatic nitrogens is 2. The fraction of sp³-hybridized carbons (Fsp3) is 0.0750. The Labute approximate surface area is 493 Å². The maximum absolute atomic E-state index is 6.87. The second-order valence-corrected chi connectivity index (χ2v) is 24.5. The molecule has 406 valence electrons. The van der Waals surface area contributed by atoms with Gasteiger partial charge in [0.1, 0.15) is 22.3 Å². The van der Waals surface area contributed by atoms with Crippen molar-refractivity contribution in [3.63, 3.8) is 0 Å². The van der Waals surface area contributed by atoms with E-state index in [1.807, 2.05) is 0 Å². The van der Waals surface area contributed by atoms with Gasteiger partial charge in [-0.05, 0) is 178 Å². The lowest BCUT2D eigenvalue weighted by molar-refractivity contribution is 0.663. The molecule has 6 nitrogen and oxygen atoms in total. The van der Waals surface area contributed by atoms with Gasteiger partial charge in [0, 0.05) is 98.8 Å². The summed E-state index contributed by atoms with van der Waals surface area (Å²) < 4.78 is 18.6. The Morgan fingerprint density at radius 3 is 1.06 bits per heavy atom. The molecule has 0 aliphatic rings. The van der Waals surface area contributed by atoms with Crippen molar-refractivity contribution < 1.29 is 8.83 Å². The Bertz CT molecular complexity index is 5660. The lowest BCUT2D eigenvalue weighted by Crippen LogP contribution is -2.10. The zero-order chi connectivity index (χ0) is 56.8. The minimum Gasteiger partial charge on any atom is -0.456 e. The molecule has 0 spiro atoms. The summed E-state index contributed by atoms with van der Waals surface area (Å²) in [6.45, 7) is 9.01. The number of anilines is 6. The normalized spacial score (nSPS) is 12.6. The van der Waals surface area contributed by atoms with Gasteiger partial charge in [0.2, 0.25) is 0 Å². The molecule has 6 heteroatoms. The molecule has 0 saturated carbocycles. The van der Waals surface area contributed by atoms with Crippen molar-refractivity contribution in [1.29, 1.82) is 0 Å². The molecule has 0 aliphatic carbocycles. The highest BCUT2D eigenvalue weighted by Gasteiger charge is 2.25. The van der Waals surface area contributed by atoms with Gasteiger partial charge in [0.15, 0.2) is 0 Å². The van der Waals surface area contributed by atoms with Crippen molar-refractivity contribution in [2.45, 2.75) is 39.5 Å². The average Bonchev–Trinajstić information content (AvgIpc) is 1.65. The minimum absolute atomic E-state index is 0.426. The Kier molecular flexibility index (Phi) is 9.63.